The van der Waals surface area contributed by atoms with E-state index in [1.54, 1.807) is 6.92 Å². The van der Waals surface area contributed by atoms with Gasteiger partial charge in [0, 0.05) is 0 Å². The van der Waals surface area contributed by atoms with E-state index in [4.69, 9.17) is 0 Å². The molecule has 0 amide bonds. The van der Waals surface area contributed by atoms with E-state index in [1.165, 1.54) is 6.20 Å². The smallest absolute Gasteiger partial charge is 0.363 e. The van der Waals surface area contributed by atoms with Crippen LogP contribution >= 0.6 is 0 Å². The fourth-order valence-electron chi connectivity index (χ4n) is 0.628. The Morgan fingerprint density at radius 2 is 1.93 bits per heavy atom. The summed E-state index contributed by atoms with van der Waals surface area (Å²) >= 11 is 0. The maximum absolute atomic E-state index is 12.1. The molecule has 2 nitrogen and oxygen atoms in total. The Labute approximate surface area is 81.9 Å². The molecule has 0 aromatic heterocycles. The molecule has 0 saturated carbocycles. The molecule has 0 aromatic carbocycles. The first-order valence-electron chi connectivity index (χ1n) is 4.24. The largest absolute Gasteiger partial charge is 0.429 e. The highest BCUT2D eigenvalue weighted by Crippen LogP contribution is 2.21. The molecule has 0 saturated heterocycles. The van der Waals surface area contributed by atoms with E-state index in [9.17, 15) is 13.2 Å². The molecule has 0 aliphatic carbocycles. The van der Waals surface area contributed by atoms with Crippen LogP contribution in [0.2, 0.25) is 0 Å². The van der Waals surface area contributed by atoms with Gasteiger partial charge >= 0.3 is 6.18 Å². The van der Waals surface area contributed by atoms with Crippen LogP contribution in [0.5, 0.6) is 0 Å². The predicted octanol–water partition coefficient (Wildman–Crippen LogP) is 2.72. The predicted molar refractivity (Wildman–Crippen MR) is 51.1 cm³/mol. The summed E-state index contributed by atoms with van der Waals surface area (Å²) in [5, 5.41) is 2.17. The van der Waals surface area contributed by atoms with E-state index in [0.29, 0.717) is 0 Å². The Kier molecular flexibility index (Phi) is 4.67. The van der Waals surface area contributed by atoms with E-state index in [0.717, 1.165) is 5.57 Å². The van der Waals surface area contributed by atoms with Crippen molar-refractivity contribution in [3.05, 3.63) is 11.8 Å². The standard InChI is InChI=1S/C9H15F3N2/c1-6(2)7(3)5-14-8(13-4)9(10,11)12/h5-6,8,14H,4H2,1-3H3/b7-5+. The van der Waals surface area contributed by atoms with Crippen molar-refractivity contribution in [2.24, 2.45) is 10.9 Å². The molecule has 0 aliphatic rings. The summed E-state index contributed by atoms with van der Waals surface area (Å²) in [7, 11) is 0. The van der Waals surface area contributed by atoms with Crippen LogP contribution in [-0.2, 0) is 0 Å². The molecule has 1 atom stereocenters. The molecule has 82 valence electrons. The van der Waals surface area contributed by atoms with Gasteiger partial charge in [0.15, 0.2) is 0 Å². The van der Waals surface area contributed by atoms with Gasteiger partial charge in [-0.25, -0.2) is 0 Å². The summed E-state index contributed by atoms with van der Waals surface area (Å²) in [5.74, 6) is 0.209. The van der Waals surface area contributed by atoms with Crippen molar-refractivity contribution in [2.45, 2.75) is 33.1 Å². The maximum atomic E-state index is 12.1. The molecule has 0 bridgehead atoms. The van der Waals surface area contributed by atoms with Crippen LogP contribution in [-0.4, -0.2) is 19.1 Å². The van der Waals surface area contributed by atoms with Gasteiger partial charge in [0.25, 0.3) is 0 Å². The minimum atomic E-state index is -4.39. The molecule has 0 heterocycles. The monoisotopic (exact) mass is 208 g/mol. The van der Waals surface area contributed by atoms with Crippen LogP contribution < -0.4 is 5.32 Å². The van der Waals surface area contributed by atoms with Gasteiger partial charge in [-0.2, -0.15) is 13.2 Å². The van der Waals surface area contributed by atoms with Crippen molar-refractivity contribution in [2.75, 3.05) is 0 Å². The summed E-state index contributed by atoms with van der Waals surface area (Å²) in [6.07, 6.45) is -4.98. The minimum Gasteiger partial charge on any atom is -0.363 e. The van der Waals surface area contributed by atoms with Crippen molar-refractivity contribution < 1.29 is 13.2 Å². The molecule has 5 heteroatoms. The van der Waals surface area contributed by atoms with Gasteiger partial charge in [-0.05, 0) is 25.8 Å². The van der Waals surface area contributed by atoms with Gasteiger partial charge in [0.2, 0.25) is 6.17 Å². The molecule has 0 fully saturated rings. The zero-order valence-electron chi connectivity index (χ0n) is 8.52. The Morgan fingerprint density at radius 3 is 2.21 bits per heavy atom. The van der Waals surface area contributed by atoms with Crippen molar-refractivity contribution in [1.82, 2.24) is 5.32 Å². The number of rotatable bonds is 4. The lowest BCUT2D eigenvalue weighted by molar-refractivity contribution is -0.151. The normalized spacial score (nSPS) is 15.5. The van der Waals surface area contributed by atoms with Gasteiger partial charge in [-0.3, -0.25) is 4.99 Å². The number of hydrogen-bond acceptors (Lipinski definition) is 2. The second-order valence-corrected chi connectivity index (χ2v) is 3.34. The number of halogens is 3. The molecule has 0 aliphatic heterocycles. The molecule has 0 aromatic rings. The molecular formula is C9H15F3N2. The van der Waals surface area contributed by atoms with Crippen LogP contribution in [0.1, 0.15) is 20.8 Å². The lowest BCUT2D eigenvalue weighted by Gasteiger charge is -2.16. The summed E-state index contributed by atoms with van der Waals surface area (Å²) < 4.78 is 36.4. The average Bonchev–Trinajstić information content (AvgIpc) is 2.02. The number of alkyl halides is 3. The molecule has 0 radical (unpaired) electrons. The van der Waals surface area contributed by atoms with Crippen LogP contribution in [0.4, 0.5) is 13.2 Å². The zero-order chi connectivity index (χ0) is 11.4. The summed E-state index contributed by atoms with van der Waals surface area (Å²) in [4.78, 5) is 2.96. The first-order valence-corrected chi connectivity index (χ1v) is 4.24. The third-order valence-electron chi connectivity index (χ3n) is 1.87. The molecule has 0 spiro atoms. The molecule has 14 heavy (non-hydrogen) atoms. The first kappa shape index (κ1) is 13.0. The fraction of sp³-hybridized carbons (Fsp3) is 0.667. The Bertz CT molecular complexity index is 219. The third-order valence-corrected chi connectivity index (χ3v) is 1.87. The van der Waals surface area contributed by atoms with Crippen LogP contribution in [0.15, 0.2) is 16.8 Å². The number of nitrogens with one attached hydrogen (secondary N) is 1. The maximum Gasteiger partial charge on any atom is 0.429 e. The van der Waals surface area contributed by atoms with Crippen LogP contribution in [0.25, 0.3) is 0 Å². The number of hydrogen-bond donors (Lipinski definition) is 1. The Hall–Kier alpha value is -1.00. The van der Waals surface area contributed by atoms with Crippen LogP contribution in [0.3, 0.4) is 0 Å². The van der Waals surface area contributed by atoms with Crippen molar-refractivity contribution in [3.63, 3.8) is 0 Å². The highest BCUT2D eigenvalue weighted by molar-refractivity contribution is 5.24. The van der Waals surface area contributed by atoms with E-state index in [1.807, 2.05) is 13.8 Å². The summed E-state index contributed by atoms with van der Waals surface area (Å²) in [6, 6.07) is 0. The van der Waals surface area contributed by atoms with E-state index in [2.05, 4.69) is 17.0 Å². The number of allylic oxidation sites excluding steroid dienone is 1. The highest BCUT2D eigenvalue weighted by Gasteiger charge is 2.38. The van der Waals surface area contributed by atoms with Crippen molar-refractivity contribution in [1.29, 1.82) is 0 Å². The van der Waals surface area contributed by atoms with E-state index < -0.39 is 12.3 Å². The van der Waals surface area contributed by atoms with E-state index in [-0.39, 0.29) is 5.92 Å². The summed E-state index contributed by atoms with van der Waals surface area (Å²) in [5.41, 5.74) is 0.836. The lowest BCUT2D eigenvalue weighted by atomic mass is 10.1. The summed E-state index contributed by atoms with van der Waals surface area (Å²) in [6.45, 7) is 8.45. The van der Waals surface area contributed by atoms with Crippen molar-refractivity contribution >= 4 is 6.72 Å². The molecule has 0 rings (SSSR count). The van der Waals surface area contributed by atoms with Gasteiger partial charge < -0.3 is 5.32 Å². The topological polar surface area (TPSA) is 24.4 Å². The SMILES string of the molecule is C=NC(N/C=C(\C)C(C)C)C(F)(F)F. The number of aliphatic imine (C=N–C) groups is 1. The highest BCUT2D eigenvalue weighted by atomic mass is 19.4. The second kappa shape index (κ2) is 5.02. The van der Waals surface area contributed by atoms with Gasteiger partial charge in [0.05, 0.1) is 0 Å². The Balaban J connectivity index is 4.36. The number of nitrogens with zero attached hydrogens (tertiary/aromatic N) is 1. The quantitative estimate of drug-likeness (QED) is 0.706. The lowest BCUT2D eigenvalue weighted by Crippen LogP contribution is -2.37. The van der Waals surface area contributed by atoms with Crippen LogP contribution in [0, 0.1) is 5.92 Å². The van der Waals surface area contributed by atoms with Crippen molar-refractivity contribution in [3.8, 4) is 0 Å². The molecule has 1 unspecified atom stereocenters. The van der Waals surface area contributed by atoms with Gasteiger partial charge in [-0.1, -0.05) is 19.4 Å². The second-order valence-electron chi connectivity index (χ2n) is 3.34. The third kappa shape index (κ3) is 4.30. The molecular weight excluding hydrogens is 193 g/mol. The zero-order valence-corrected chi connectivity index (χ0v) is 8.52. The fourth-order valence-corrected chi connectivity index (χ4v) is 0.628. The average molecular weight is 208 g/mol. The van der Waals surface area contributed by atoms with Gasteiger partial charge in [0.1, 0.15) is 0 Å². The van der Waals surface area contributed by atoms with E-state index >= 15 is 0 Å². The van der Waals surface area contributed by atoms with Gasteiger partial charge in [-0.15, -0.1) is 0 Å². The minimum absolute atomic E-state index is 0.209. The molecule has 1 N–H and O–H groups in total. The first-order chi connectivity index (χ1) is 6.29. The Morgan fingerprint density at radius 1 is 1.43 bits per heavy atom.